The first-order valence-electron chi connectivity index (χ1n) is 14.5. The van der Waals surface area contributed by atoms with Crippen LogP contribution in [0.2, 0.25) is 0 Å². The molecule has 0 saturated heterocycles. The number of hydrogen-bond acceptors (Lipinski definition) is 7. The van der Waals surface area contributed by atoms with Crippen LogP contribution in [-0.2, 0) is 32.8 Å². The molecule has 4 aromatic carbocycles. The number of aromatic nitrogens is 1. The van der Waals surface area contributed by atoms with Crippen LogP contribution >= 0.6 is 11.3 Å². The lowest BCUT2D eigenvalue weighted by atomic mass is 10.0. The lowest BCUT2D eigenvalue weighted by molar-refractivity contribution is 0.0950. The molecule has 0 unspecified atom stereocenters. The van der Waals surface area contributed by atoms with E-state index in [2.05, 4.69) is 10.0 Å². The Morgan fingerprint density at radius 1 is 0.800 bits per heavy atom. The van der Waals surface area contributed by atoms with Crippen LogP contribution in [0.4, 0.5) is 0 Å². The highest BCUT2D eigenvalue weighted by molar-refractivity contribution is 7.91. The standard InChI is InChI=1S/C34H35N3O5S3/c1-5-44(39,40)25-17-15-24(16-18-25)22-35-32(38)33-36-29(21-23-11-7-6-8-12-23)31(43-33)28-19-20-30(27-14-10-9-13-26(27)28)45(41,42)37-34(2,3)4/h6-20,37H,5,21-22H2,1-4H3,(H,35,38). The number of fused-ring (bicyclic) bond motifs is 1. The third kappa shape index (κ3) is 7.50. The fraction of sp³-hybridized carbons (Fsp3) is 0.235. The number of nitrogens with one attached hydrogen (secondary N) is 2. The largest absolute Gasteiger partial charge is 0.346 e. The fourth-order valence-electron chi connectivity index (χ4n) is 4.97. The minimum atomic E-state index is -3.82. The monoisotopic (exact) mass is 661 g/mol. The van der Waals surface area contributed by atoms with Crippen LogP contribution in [0.25, 0.3) is 21.2 Å². The number of sulfone groups is 1. The molecule has 0 fully saturated rings. The van der Waals surface area contributed by atoms with Crippen molar-refractivity contribution in [1.29, 1.82) is 0 Å². The van der Waals surface area contributed by atoms with Crippen LogP contribution in [-0.4, -0.2) is 39.0 Å². The summed E-state index contributed by atoms with van der Waals surface area (Å²) in [5.41, 5.74) is 2.62. The van der Waals surface area contributed by atoms with Crippen molar-refractivity contribution in [3.63, 3.8) is 0 Å². The van der Waals surface area contributed by atoms with Gasteiger partial charge in [0, 0.05) is 29.5 Å². The number of benzene rings is 4. The van der Waals surface area contributed by atoms with E-state index in [1.165, 1.54) is 11.3 Å². The van der Waals surface area contributed by atoms with Crippen molar-refractivity contribution >= 4 is 47.9 Å². The summed E-state index contributed by atoms with van der Waals surface area (Å²) in [5.74, 6) is -0.341. The Balaban J connectivity index is 1.52. The van der Waals surface area contributed by atoms with Crippen molar-refractivity contribution in [1.82, 2.24) is 15.0 Å². The zero-order valence-corrected chi connectivity index (χ0v) is 27.9. The van der Waals surface area contributed by atoms with Crippen molar-refractivity contribution < 1.29 is 21.6 Å². The molecule has 0 bridgehead atoms. The summed E-state index contributed by atoms with van der Waals surface area (Å²) in [4.78, 5) is 19.4. The quantitative estimate of drug-likeness (QED) is 0.180. The molecule has 2 N–H and O–H groups in total. The highest BCUT2D eigenvalue weighted by Crippen LogP contribution is 2.39. The molecule has 1 aromatic heterocycles. The van der Waals surface area contributed by atoms with Crippen LogP contribution in [0.5, 0.6) is 0 Å². The average Bonchev–Trinajstić information content (AvgIpc) is 3.42. The maximum Gasteiger partial charge on any atom is 0.280 e. The van der Waals surface area contributed by atoms with E-state index in [4.69, 9.17) is 4.98 Å². The third-order valence-corrected chi connectivity index (χ3v) is 11.8. The Kier molecular flexibility index (Phi) is 9.27. The minimum Gasteiger partial charge on any atom is -0.346 e. The van der Waals surface area contributed by atoms with Crippen molar-refractivity contribution in [3.8, 4) is 10.4 Å². The van der Waals surface area contributed by atoms with Gasteiger partial charge in [-0.3, -0.25) is 4.79 Å². The fourth-order valence-corrected chi connectivity index (χ4v) is 8.52. The summed E-state index contributed by atoms with van der Waals surface area (Å²) in [5, 5.41) is 4.49. The summed E-state index contributed by atoms with van der Waals surface area (Å²) in [6, 6.07) is 27.0. The molecule has 5 rings (SSSR count). The second-order valence-electron chi connectivity index (χ2n) is 11.7. The molecule has 0 atom stereocenters. The Morgan fingerprint density at radius 2 is 1.44 bits per heavy atom. The highest BCUT2D eigenvalue weighted by Gasteiger charge is 2.26. The molecular weight excluding hydrogens is 627 g/mol. The topological polar surface area (TPSA) is 122 Å². The smallest absolute Gasteiger partial charge is 0.280 e. The molecule has 0 aliphatic carbocycles. The number of sulfonamides is 1. The van der Waals surface area contributed by atoms with Gasteiger partial charge in [-0.25, -0.2) is 26.5 Å². The van der Waals surface area contributed by atoms with E-state index in [0.29, 0.717) is 17.5 Å². The molecular formula is C34H35N3O5S3. The van der Waals surface area contributed by atoms with E-state index in [1.54, 1.807) is 70.2 Å². The SMILES string of the molecule is CCS(=O)(=O)c1ccc(CNC(=O)c2nc(Cc3ccccc3)c(-c3ccc(S(=O)(=O)NC(C)(C)C)c4ccccc34)s2)cc1. The molecule has 0 aliphatic heterocycles. The second kappa shape index (κ2) is 12.8. The molecule has 0 radical (unpaired) electrons. The van der Waals surface area contributed by atoms with E-state index >= 15 is 0 Å². The summed E-state index contributed by atoms with van der Waals surface area (Å²) in [6.45, 7) is 7.19. The zero-order valence-electron chi connectivity index (χ0n) is 25.5. The van der Waals surface area contributed by atoms with Gasteiger partial charge in [0.2, 0.25) is 10.0 Å². The number of carbonyl (C=O) groups excluding carboxylic acids is 1. The van der Waals surface area contributed by atoms with Gasteiger partial charge < -0.3 is 5.32 Å². The number of rotatable bonds is 10. The van der Waals surface area contributed by atoms with Gasteiger partial charge >= 0.3 is 0 Å². The first kappa shape index (κ1) is 32.5. The lowest BCUT2D eigenvalue weighted by Crippen LogP contribution is -2.40. The van der Waals surface area contributed by atoms with Crippen molar-refractivity contribution in [3.05, 3.63) is 113 Å². The average molecular weight is 662 g/mol. The van der Waals surface area contributed by atoms with Gasteiger partial charge in [0.15, 0.2) is 14.8 Å². The van der Waals surface area contributed by atoms with Crippen LogP contribution < -0.4 is 10.0 Å². The van der Waals surface area contributed by atoms with E-state index in [-0.39, 0.29) is 33.0 Å². The van der Waals surface area contributed by atoms with Gasteiger partial charge in [-0.05, 0) is 55.5 Å². The summed E-state index contributed by atoms with van der Waals surface area (Å²) < 4.78 is 53.8. The summed E-state index contributed by atoms with van der Waals surface area (Å²) in [6.07, 6.45) is 0.479. The number of nitrogens with zero attached hydrogens (tertiary/aromatic N) is 1. The Hall–Kier alpha value is -3.90. The summed E-state index contributed by atoms with van der Waals surface area (Å²) in [7, 11) is -7.13. The van der Waals surface area contributed by atoms with Crippen LogP contribution in [0, 0.1) is 0 Å². The Labute approximate surface area is 268 Å². The van der Waals surface area contributed by atoms with Crippen molar-refractivity contribution in [2.45, 2.75) is 56.0 Å². The van der Waals surface area contributed by atoms with E-state index in [9.17, 15) is 21.6 Å². The molecule has 45 heavy (non-hydrogen) atoms. The van der Waals surface area contributed by atoms with Crippen LogP contribution in [0.3, 0.4) is 0 Å². The van der Waals surface area contributed by atoms with Gasteiger partial charge in [-0.2, -0.15) is 0 Å². The maximum absolute atomic E-state index is 13.4. The van der Waals surface area contributed by atoms with Crippen LogP contribution in [0.15, 0.2) is 101 Å². The third-order valence-electron chi connectivity index (χ3n) is 7.08. The molecule has 11 heteroatoms. The van der Waals surface area contributed by atoms with E-state index in [1.807, 2.05) is 48.5 Å². The maximum atomic E-state index is 13.4. The van der Waals surface area contributed by atoms with Gasteiger partial charge in [0.25, 0.3) is 5.91 Å². The zero-order chi connectivity index (χ0) is 32.4. The van der Waals surface area contributed by atoms with Gasteiger partial charge in [0.1, 0.15) is 0 Å². The predicted molar refractivity (Wildman–Crippen MR) is 180 cm³/mol. The van der Waals surface area contributed by atoms with E-state index < -0.39 is 25.4 Å². The molecule has 8 nitrogen and oxygen atoms in total. The molecule has 0 saturated carbocycles. The molecule has 0 aliphatic rings. The molecule has 234 valence electrons. The van der Waals surface area contributed by atoms with Crippen molar-refractivity contribution in [2.24, 2.45) is 0 Å². The number of thiazole rings is 1. The predicted octanol–water partition coefficient (Wildman–Crippen LogP) is 6.35. The van der Waals surface area contributed by atoms with Gasteiger partial charge in [-0.1, -0.05) is 79.7 Å². The number of amides is 1. The normalized spacial score (nSPS) is 12.4. The van der Waals surface area contributed by atoms with E-state index in [0.717, 1.165) is 27.0 Å². The molecule has 1 heterocycles. The Morgan fingerprint density at radius 3 is 2.09 bits per heavy atom. The van der Waals surface area contributed by atoms with Gasteiger partial charge in [0.05, 0.1) is 26.1 Å². The van der Waals surface area contributed by atoms with Gasteiger partial charge in [-0.15, -0.1) is 11.3 Å². The van der Waals surface area contributed by atoms with Crippen molar-refractivity contribution in [2.75, 3.05) is 5.75 Å². The number of hydrogen-bond donors (Lipinski definition) is 2. The number of carbonyl (C=O) groups is 1. The molecule has 1 amide bonds. The molecule has 0 spiro atoms. The molecule has 5 aromatic rings. The minimum absolute atomic E-state index is 0.0163. The Bertz CT molecular complexity index is 2070. The first-order chi connectivity index (χ1) is 21.3. The van der Waals surface area contributed by atoms with Crippen LogP contribution in [0.1, 0.15) is 54.3 Å². The second-order valence-corrected chi connectivity index (χ2v) is 16.6. The summed E-state index contributed by atoms with van der Waals surface area (Å²) >= 11 is 1.25. The first-order valence-corrected chi connectivity index (χ1v) is 18.4. The highest BCUT2D eigenvalue weighted by atomic mass is 32.2. The lowest BCUT2D eigenvalue weighted by Gasteiger charge is -2.21.